The molecular formula is C23H26FN5O5S. The highest BCUT2D eigenvalue weighted by atomic mass is 32.2. The number of halogens is 1. The molecule has 2 aliphatic rings. The van der Waals surface area contributed by atoms with E-state index in [1.807, 2.05) is 0 Å². The van der Waals surface area contributed by atoms with Gasteiger partial charge in [0.2, 0.25) is 5.03 Å². The van der Waals surface area contributed by atoms with Crippen molar-refractivity contribution in [2.45, 2.75) is 30.3 Å². The van der Waals surface area contributed by atoms with Crippen molar-refractivity contribution in [2.24, 2.45) is 5.73 Å². The average molecular weight is 504 g/mol. The minimum atomic E-state index is -4.00. The lowest BCUT2D eigenvalue weighted by atomic mass is 10.0. The lowest BCUT2D eigenvalue weighted by molar-refractivity contribution is 0.0998. The third-order valence-corrected chi connectivity index (χ3v) is 8.08. The minimum absolute atomic E-state index is 0.173. The number of primary amides is 1. The number of carbonyl (C=O) groups excluding carboxylic acids is 1. The van der Waals surface area contributed by atoms with Crippen LogP contribution >= 0.6 is 0 Å². The van der Waals surface area contributed by atoms with Gasteiger partial charge < -0.3 is 20.1 Å². The number of ether oxygens (including phenoxy) is 2. The molecule has 1 fully saturated rings. The van der Waals surface area contributed by atoms with Crippen LogP contribution in [-0.4, -0.2) is 62.1 Å². The molecule has 2 aromatic heterocycles. The summed E-state index contributed by atoms with van der Waals surface area (Å²) in [7, 11) is -1.29. The van der Waals surface area contributed by atoms with Crippen LogP contribution in [0.2, 0.25) is 0 Å². The van der Waals surface area contributed by atoms with Crippen molar-refractivity contribution in [1.82, 2.24) is 13.9 Å². The molecule has 0 saturated carbocycles. The Bertz CT molecular complexity index is 1420. The Morgan fingerprint density at radius 1 is 1.20 bits per heavy atom. The van der Waals surface area contributed by atoms with E-state index in [1.165, 1.54) is 30.7 Å². The molecule has 0 spiro atoms. The zero-order valence-electron chi connectivity index (χ0n) is 19.4. The summed E-state index contributed by atoms with van der Waals surface area (Å²) >= 11 is 0. The number of nitrogens with zero attached hydrogens (tertiary/aromatic N) is 4. The molecule has 1 atom stereocenters. The maximum atomic E-state index is 14.5. The van der Waals surface area contributed by atoms with E-state index in [1.54, 1.807) is 18.3 Å². The van der Waals surface area contributed by atoms with Gasteiger partial charge in [-0.1, -0.05) is 0 Å². The Morgan fingerprint density at radius 3 is 2.71 bits per heavy atom. The molecule has 1 amide bonds. The molecule has 2 N–H and O–H groups in total. The summed E-state index contributed by atoms with van der Waals surface area (Å²) in [5, 5.41) is 3.74. The van der Waals surface area contributed by atoms with E-state index in [-0.39, 0.29) is 17.1 Å². The summed E-state index contributed by atoms with van der Waals surface area (Å²) in [6, 6.07) is 6.09. The van der Waals surface area contributed by atoms with Crippen LogP contribution in [0.25, 0.3) is 5.52 Å². The number of anilines is 1. The number of sulfonamides is 1. The summed E-state index contributed by atoms with van der Waals surface area (Å²) in [5.74, 6) is -0.359. The molecule has 1 aromatic carbocycles. The first kappa shape index (κ1) is 23.4. The zero-order chi connectivity index (χ0) is 24.9. The van der Waals surface area contributed by atoms with Gasteiger partial charge in [-0.2, -0.15) is 5.10 Å². The van der Waals surface area contributed by atoms with Gasteiger partial charge in [-0.15, -0.1) is 0 Å². The monoisotopic (exact) mass is 503 g/mol. The Morgan fingerprint density at radius 2 is 1.97 bits per heavy atom. The fourth-order valence-electron chi connectivity index (χ4n) is 4.69. The van der Waals surface area contributed by atoms with Crippen molar-refractivity contribution in [3.8, 4) is 11.5 Å². The number of benzene rings is 1. The van der Waals surface area contributed by atoms with Crippen LogP contribution in [0.3, 0.4) is 0 Å². The zero-order valence-corrected chi connectivity index (χ0v) is 20.2. The number of pyridine rings is 1. The van der Waals surface area contributed by atoms with Crippen LogP contribution in [-0.2, 0) is 10.0 Å². The molecule has 35 heavy (non-hydrogen) atoms. The molecule has 0 bridgehead atoms. The highest BCUT2D eigenvalue weighted by Gasteiger charge is 2.33. The second kappa shape index (κ2) is 8.68. The summed E-state index contributed by atoms with van der Waals surface area (Å²) in [6.07, 6.45) is 3.90. The molecule has 10 nitrogen and oxygen atoms in total. The maximum absolute atomic E-state index is 14.5. The quantitative estimate of drug-likeness (QED) is 0.567. The van der Waals surface area contributed by atoms with Crippen LogP contribution in [0.1, 0.15) is 41.2 Å². The molecule has 186 valence electrons. The highest BCUT2D eigenvalue weighted by molar-refractivity contribution is 7.89. The van der Waals surface area contributed by atoms with Crippen LogP contribution in [0.15, 0.2) is 35.5 Å². The van der Waals surface area contributed by atoms with Crippen molar-refractivity contribution in [3.05, 3.63) is 47.4 Å². The first-order valence-corrected chi connectivity index (χ1v) is 12.7. The highest BCUT2D eigenvalue weighted by Crippen LogP contribution is 2.45. The van der Waals surface area contributed by atoms with Crippen LogP contribution in [0.5, 0.6) is 11.5 Å². The van der Waals surface area contributed by atoms with Crippen LogP contribution < -0.4 is 20.1 Å². The van der Waals surface area contributed by atoms with Gasteiger partial charge in [0.25, 0.3) is 15.9 Å². The molecule has 0 aliphatic carbocycles. The third-order valence-electron chi connectivity index (χ3n) is 6.34. The van der Waals surface area contributed by atoms with E-state index in [4.69, 9.17) is 15.2 Å². The first-order chi connectivity index (χ1) is 16.7. The van der Waals surface area contributed by atoms with Crippen molar-refractivity contribution in [1.29, 1.82) is 0 Å². The second-order valence-corrected chi connectivity index (χ2v) is 10.8. The number of hydrogen-bond donors (Lipinski definition) is 1. The first-order valence-electron chi connectivity index (χ1n) is 11.3. The summed E-state index contributed by atoms with van der Waals surface area (Å²) in [5.41, 5.74) is 7.11. The van der Waals surface area contributed by atoms with Gasteiger partial charge in [-0.25, -0.2) is 21.6 Å². The van der Waals surface area contributed by atoms with Gasteiger partial charge in [0.05, 0.1) is 24.8 Å². The van der Waals surface area contributed by atoms with Gasteiger partial charge in [0.15, 0.2) is 11.5 Å². The Kier molecular flexibility index (Phi) is 5.80. The standard InChI is InChI=1S/C23H26FN5O5S/c1-27(2)35(31,32)23-20(22(25)30)18-13-15(6-8-29(18)26-23)28-7-3-5-17(28)16-11-14(24)12-19-21(16)34-10-4-9-33-19/h6,8,11-13,17H,3-5,7,9-10H2,1-2H3,(H2,25,30). The summed E-state index contributed by atoms with van der Waals surface area (Å²) in [6.45, 7) is 1.61. The van der Waals surface area contributed by atoms with E-state index in [9.17, 15) is 17.6 Å². The normalized spacial score (nSPS) is 18.3. The lowest BCUT2D eigenvalue weighted by Crippen LogP contribution is -2.25. The van der Waals surface area contributed by atoms with Gasteiger partial charge in [0, 0.05) is 50.6 Å². The predicted octanol–water partition coefficient (Wildman–Crippen LogP) is 2.33. The molecule has 2 aliphatic heterocycles. The molecular weight excluding hydrogens is 477 g/mol. The van der Waals surface area contributed by atoms with Gasteiger partial charge in [-0.3, -0.25) is 4.79 Å². The molecule has 1 saturated heterocycles. The SMILES string of the molecule is CN(C)S(=O)(=O)c1nn2ccc(N3CCCC3c3cc(F)cc4c3OCCCO4)cc2c1C(N)=O. The molecule has 3 aromatic rings. The van der Waals surface area contributed by atoms with E-state index < -0.39 is 26.8 Å². The van der Waals surface area contributed by atoms with Crippen LogP contribution in [0.4, 0.5) is 10.1 Å². The van der Waals surface area contributed by atoms with Crippen molar-refractivity contribution >= 4 is 27.1 Å². The fraction of sp³-hybridized carbons (Fsp3) is 0.391. The van der Waals surface area contributed by atoms with Gasteiger partial charge >= 0.3 is 0 Å². The average Bonchev–Trinajstić information content (AvgIpc) is 3.37. The topological polar surface area (TPSA) is 119 Å². The van der Waals surface area contributed by atoms with E-state index in [0.717, 1.165) is 22.8 Å². The maximum Gasteiger partial charge on any atom is 0.262 e. The summed E-state index contributed by atoms with van der Waals surface area (Å²) in [4.78, 5) is 14.4. The van der Waals surface area contributed by atoms with Gasteiger partial charge in [0.1, 0.15) is 11.4 Å². The van der Waals surface area contributed by atoms with Crippen molar-refractivity contribution in [2.75, 3.05) is 38.8 Å². The Labute approximate surface area is 202 Å². The van der Waals surface area contributed by atoms with E-state index in [0.29, 0.717) is 43.2 Å². The number of aromatic nitrogens is 2. The molecule has 0 radical (unpaired) electrons. The predicted molar refractivity (Wildman–Crippen MR) is 126 cm³/mol. The number of hydrogen-bond acceptors (Lipinski definition) is 7. The fourth-order valence-corrected chi connectivity index (χ4v) is 5.69. The number of amides is 1. The number of fused-ring (bicyclic) bond motifs is 2. The van der Waals surface area contributed by atoms with Crippen molar-refractivity contribution < 1.29 is 27.1 Å². The second-order valence-electron chi connectivity index (χ2n) is 8.77. The molecule has 4 heterocycles. The Hall–Kier alpha value is -3.38. The molecule has 1 unspecified atom stereocenters. The molecule has 12 heteroatoms. The van der Waals surface area contributed by atoms with Crippen LogP contribution in [0, 0.1) is 5.82 Å². The lowest BCUT2D eigenvalue weighted by Gasteiger charge is -2.29. The third kappa shape index (κ3) is 3.96. The van der Waals surface area contributed by atoms with Crippen molar-refractivity contribution in [3.63, 3.8) is 0 Å². The minimum Gasteiger partial charge on any atom is -0.489 e. The Balaban J connectivity index is 1.62. The van der Waals surface area contributed by atoms with Gasteiger partial charge in [-0.05, 0) is 31.0 Å². The number of rotatable bonds is 5. The van der Waals surface area contributed by atoms with E-state index >= 15 is 0 Å². The smallest absolute Gasteiger partial charge is 0.262 e. The molecule has 5 rings (SSSR count). The number of nitrogens with two attached hydrogens (primary N) is 1. The summed E-state index contributed by atoms with van der Waals surface area (Å²) < 4.78 is 54.0. The number of carbonyl (C=O) groups is 1. The largest absolute Gasteiger partial charge is 0.489 e. The van der Waals surface area contributed by atoms with E-state index in [2.05, 4.69) is 10.00 Å².